The van der Waals surface area contributed by atoms with Crippen LogP contribution >= 0.6 is 0 Å². The minimum atomic E-state index is -0.366. The Bertz CT molecular complexity index is 463. The fourth-order valence-electron chi connectivity index (χ4n) is 1.17. The second-order valence-corrected chi connectivity index (χ2v) is 4.87. The van der Waals surface area contributed by atoms with E-state index in [-0.39, 0.29) is 23.5 Å². The van der Waals surface area contributed by atoms with Crippen molar-refractivity contribution in [1.29, 1.82) is 0 Å². The highest BCUT2D eigenvalue weighted by Gasteiger charge is 2.18. The van der Waals surface area contributed by atoms with Gasteiger partial charge in [0.05, 0.1) is 0 Å². The maximum absolute atomic E-state index is 11.7. The van der Waals surface area contributed by atoms with Crippen LogP contribution in [0.15, 0.2) is 23.1 Å². The third-order valence-electron chi connectivity index (χ3n) is 2.52. The van der Waals surface area contributed by atoms with E-state index in [1.807, 2.05) is 13.8 Å². The van der Waals surface area contributed by atoms with E-state index in [1.165, 1.54) is 10.6 Å². The molecule has 1 rings (SSSR count). The largest absolute Gasteiger partial charge is 0.396 e. The summed E-state index contributed by atoms with van der Waals surface area (Å²) < 4.78 is 1.40. The van der Waals surface area contributed by atoms with E-state index >= 15 is 0 Å². The number of nitrogens with zero attached hydrogens (tertiary/aromatic N) is 1. The summed E-state index contributed by atoms with van der Waals surface area (Å²) in [6.07, 6.45) is 1.55. The fourth-order valence-corrected chi connectivity index (χ4v) is 1.17. The number of hydrogen-bond donors (Lipinski definition) is 2. The van der Waals surface area contributed by atoms with Crippen molar-refractivity contribution in [2.45, 2.75) is 13.8 Å². The van der Waals surface area contributed by atoms with Gasteiger partial charge in [-0.3, -0.25) is 9.59 Å². The number of aryl methyl sites for hydroxylation is 1. The lowest BCUT2D eigenvalue weighted by Gasteiger charge is -2.21. The van der Waals surface area contributed by atoms with Crippen LogP contribution in [0.25, 0.3) is 0 Å². The van der Waals surface area contributed by atoms with Crippen LogP contribution in [0.4, 0.5) is 0 Å². The number of nitrogens with one attached hydrogen (secondary N) is 1. The predicted octanol–water partition coefficient (Wildman–Crippen LogP) is 0.134. The minimum Gasteiger partial charge on any atom is -0.396 e. The number of aliphatic hydroxyl groups excluding tert-OH is 1. The van der Waals surface area contributed by atoms with Gasteiger partial charge in [-0.2, -0.15) is 0 Å². The lowest BCUT2D eigenvalue weighted by molar-refractivity contribution is 0.0910. The monoisotopic (exact) mass is 238 g/mol. The van der Waals surface area contributed by atoms with Gasteiger partial charge in [0.25, 0.3) is 11.5 Å². The maximum Gasteiger partial charge on any atom is 0.251 e. The van der Waals surface area contributed by atoms with Gasteiger partial charge in [-0.05, 0) is 6.07 Å². The molecule has 0 aromatic carbocycles. The van der Waals surface area contributed by atoms with Crippen LogP contribution in [0.1, 0.15) is 24.2 Å². The normalized spacial score (nSPS) is 11.3. The first-order chi connectivity index (χ1) is 7.85. The maximum atomic E-state index is 11.7. The van der Waals surface area contributed by atoms with Gasteiger partial charge < -0.3 is 15.0 Å². The average molecular weight is 238 g/mol. The molecule has 5 nitrogen and oxygen atoms in total. The molecule has 0 bridgehead atoms. The summed E-state index contributed by atoms with van der Waals surface area (Å²) in [5.74, 6) is -0.302. The molecule has 94 valence electrons. The SMILES string of the molecule is Cn1ccc(C(=O)NCC(C)(C)CO)cc1=O. The topological polar surface area (TPSA) is 71.3 Å². The van der Waals surface area contributed by atoms with Crippen molar-refractivity contribution in [3.63, 3.8) is 0 Å². The molecule has 1 amide bonds. The Morgan fingerprint density at radius 3 is 2.71 bits per heavy atom. The van der Waals surface area contributed by atoms with Crippen LogP contribution in [0.2, 0.25) is 0 Å². The summed E-state index contributed by atoms with van der Waals surface area (Å²) in [6, 6.07) is 2.88. The lowest BCUT2D eigenvalue weighted by atomic mass is 9.95. The zero-order valence-electron chi connectivity index (χ0n) is 10.4. The highest BCUT2D eigenvalue weighted by Crippen LogP contribution is 2.11. The number of aromatic nitrogens is 1. The Balaban J connectivity index is 2.71. The van der Waals surface area contributed by atoms with Crippen molar-refractivity contribution in [1.82, 2.24) is 9.88 Å². The van der Waals surface area contributed by atoms with Crippen molar-refractivity contribution in [2.24, 2.45) is 12.5 Å². The molecule has 17 heavy (non-hydrogen) atoms. The van der Waals surface area contributed by atoms with E-state index in [4.69, 9.17) is 5.11 Å². The summed E-state index contributed by atoms with van der Waals surface area (Å²) in [5.41, 5.74) is -0.254. The molecule has 0 aliphatic rings. The number of hydrogen-bond acceptors (Lipinski definition) is 3. The smallest absolute Gasteiger partial charge is 0.251 e. The molecule has 0 saturated heterocycles. The lowest BCUT2D eigenvalue weighted by Crippen LogP contribution is -2.36. The number of aliphatic hydroxyl groups is 1. The molecular formula is C12H18N2O3. The third-order valence-corrected chi connectivity index (χ3v) is 2.52. The fraction of sp³-hybridized carbons (Fsp3) is 0.500. The van der Waals surface area contributed by atoms with Crippen molar-refractivity contribution in [2.75, 3.05) is 13.2 Å². The van der Waals surface area contributed by atoms with Crippen LogP contribution in [0.5, 0.6) is 0 Å². The number of amides is 1. The Hall–Kier alpha value is -1.62. The number of pyridine rings is 1. The molecule has 0 aliphatic carbocycles. The molecule has 0 aliphatic heterocycles. The molecule has 0 unspecified atom stereocenters. The second-order valence-electron chi connectivity index (χ2n) is 4.87. The number of carbonyl (C=O) groups is 1. The average Bonchev–Trinajstić information content (AvgIpc) is 2.30. The summed E-state index contributed by atoms with van der Waals surface area (Å²) in [5, 5.41) is 11.7. The van der Waals surface area contributed by atoms with Crippen molar-refractivity contribution < 1.29 is 9.90 Å². The first kappa shape index (κ1) is 13.4. The second kappa shape index (κ2) is 5.14. The molecule has 5 heteroatoms. The van der Waals surface area contributed by atoms with Crippen LogP contribution in [-0.2, 0) is 7.05 Å². The Morgan fingerprint density at radius 2 is 2.18 bits per heavy atom. The van der Waals surface area contributed by atoms with Crippen LogP contribution in [0.3, 0.4) is 0 Å². The first-order valence-corrected chi connectivity index (χ1v) is 5.41. The quantitative estimate of drug-likeness (QED) is 0.783. The van der Waals surface area contributed by atoms with Gasteiger partial charge in [0.15, 0.2) is 0 Å². The highest BCUT2D eigenvalue weighted by atomic mass is 16.3. The Morgan fingerprint density at radius 1 is 1.53 bits per heavy atom. The molecule has 0 radical (unpaired) electrons. The van der Waals surface area contributed by atoms with E-state index in [1.54, 1.807) is 19.3 Å². The first-order valence-electron chi connectivity index (χ1n) is 5.41. The van der Waals surface area contributed by atoms with E-state index in [9.17, 15) is 9.59 Å². The van der Waals surface area contributed by atoms with Crippen LogP contribution < -0.4 is 10.9 Å². The molecule has 1 heterocycles. The molecular weight excluding hydrogens is 220 g/mol. The summed E-state index contributed by atoms with van der Waals surface area (Å²) in [4.78, 5) is 23.1. The number of rotatable bonds is 4. The van der Waals surface area contributed by atoms with E-state index in [0.717, 1.165) is 0 Å². The zero-order valence-corrected chi connectivity index (χ0v) is 10.4. The van der Waals surface area contributed by atoms with E-state index in [2.05, 4.69) is 5.32 Å². The summed E-state index contributed by atoms with van der Waals surface area (Å²) in [7, 11) is 1.62. The molecule has 2 N–H and O–H groups in total. The van der Waals surface area contributed by atoms with Crippen molar-refractivity contribution in [3.05, 3.63) is 34.2 Å². The van der Waals surface area contributed by atoms with Gasteiger partial charge in [0.2, 0.25) is 0 Å². The standard InChI is InChI=1S/C12H18N2O3/c1-12(2,8-15)7-13-11(17)9-4-5-14(3)10(16)6-9/h4-6,15H,7-8H2,1-3H3,(H,13,17). The van der Waals surface area contributed by atoms with Crippen molar-refractivity contribution >= 4 is 5.91 Å². The Labute approximate surface area is 100 Å². The molecule has 0 saturated carbocycles. The predicted molar refractivity (Wildman–Crippen MR) is 64.9 cm³/mol. The molecule has 1 aromatic rings. The molecule has 0 fully saturated rings. The van der Waals surface area contributed by atoms with Crippen LogP contribution in [0, 0.1) is 5.41 Å². The van der Waals surface area contributed by atoms with Gasteiger partial charge >= 0.3 is 0 Å². The van der Waals surface area contributed by atoms with Gasteiger partial charge in [0, 0.05) is 43.4 Å². The van der Waals surface area contributed by atoms with Gasteiger partial charge in [-0.15, -0.1) is 0 Å². The van der Waals surface area contributed by atoms with Crippen LogP contribution in [-0.4, -0.2) is 28.7 Å². The highest BCUT2D eigenvalue weighted by molar-refractivity contribution is 5.93. The van der Waals surface area contributed by atoms with E-state index in [0.29, 0.717) is 12.1 Å². The summed E-state index contributed by atoms with van der Waals surface area (Å²) >= 11 is 0. The van der Waals surface area contributed by atoms with Gasteiger partial charge in [0.1, 0.15) is 0 Å². The third kappa shape index (κ3) is 3.71. The molecule has 1 aromatic heterocycles. The number of carbonyl (C=O) groups excluding carboxylic acids is 1. The minimum absolute atomic E-state index is 0.0101. The van der Waals surface area contributed by atoms with Crippen molar-refractivity contribution in [3.8, 4) is 0 Å². The zero-order chi connectivity index (χ0) is 13.1. The van der Waals surface area contributed by atoms with E-state index < -0.39 is 0 Å². The Kier molecular flexibility index (Phi) is 4.07. The van der Waals surface area contributed by atoms with Gasteiger partial charge in [-0.25, -0.2) is 0 Å². The molecule has 0 spiro atoms. The summed E-state index contributed by atoms with van der Waals surface area (Å²) in [6.45, 7) is 4.04. The van der Waals surface area contributed by atoms with Gasteiger partial charge in [-0.1, -0.05) is 13.8 Å². The molecule has 0 atom stereocenters.